The number of halogens is 1. The second-order valence-electron chi connectivity index (χ2n) is 1.83. The van der Waals surface area contributed by atoms with E-state index in [0.29, 0.717) is 5.02 Å². The van der Waals surface area contributed by atoms with E-state index in [1.807, 2.05) is 6.07 Å². The standard InChI is InChI=1S/C7H5ClOS2/c8-5-2-1-3-6(4-5)11-7(9)10/h1-4H,(H,9,10). The summed E-state index contributed by atoms with van der Waals surface area (Å²) in [4.78, 5) is 11.3. The molecule has 0 saturated carbocycles. The number of carbonyl (C=O) groups excluding carboxylic acids is 1. The van der Waals surface area contributed by atoms with Crippen molar-refractivity contribution in [2.75, 3.05) is 0 Å². The van der Waals surface area contributed by atoms with Crippen LogP contribution in [-0.2, 0) is 0 Å². The van der Waals surface area contributed by atoms with Gasteiger partial charge in [-0.15, -0.1) is 0 Å². The average Bonchev–Trinajstić information content (AvgIpc) is 1.85. The molecule has 0 aliphatic rings. The maximum Gasteiger partial charge on any atom is 0.247 e. The fourth-order valence-electron chi connectivity index (χ4n) is 0.631. The summed E-state index contributed by atoms with van der Waals surface area (Å²) in [6.07, 6.45) is 0. The first-order valence-corrected chi connectivity index (χ1v) is 4.49. The predicted molar refractivity (Wildman–Crippen MR) is 51.7 cm³/mol. The molecular formula is C7H5ClOS2. The van der Waals surface area contributed by atoms with Crippen molar-refractivity contribution >= 4 is 40.4 Å². The van der Waals surface area contributed by atoms with Crippen LogP contribution in [0.15, 0.2) is 29.2 Å². The van der Waals surface area contributed by atoms with E-state index in [4.69, 9.17) is 11.6 Å². The Morgan fingerprint density at radius 3 is 2.82 bits per heavy atom. The zero-order valence-electron chi connectivity index (χ0n) is 5.45. The fourth-order valence-corrected chi connectivity index (χ4v) is 1.74. The van der Waals surface area contributed by atoms with Crippen molar-refractivity contribution in [2.45, 2.75) is 4.90 Å². The monoisotopic (exact) mass is 204 g/mol. The van der Waals surface area contributed by atoms with Crippen LogP contribution in [0, 0.1) is 0 Å². The first kappa shape index (κ1) is 8.97. The third kappa shape index (κ3) is 3.18. The van der Waals surface area contributed by atoms with Gasteiger partial charge in [0.15, 0.2) is 0 Å². The van der Waals surface area contributed by atoms with Gasteiger partial charge in [0.25, 0.3) is 0 Å². The smallest absolute Gasteiger partial charge is 0.247 e. The topological polar surface area (TPSA) is 17.1 Å². The van der Waals surface area contributed by atoms with Crippen LogP contribution in [0.25, 0.3) is 0 Å². The van der Waals surface area contributed by atoms with E-state index in [1.54, 1.807) is 18.2 Å². The zero-order valence-corrected chi connectivity index (χ0v) is 7.92. The molecule has 11 heavy (non-hydrogen) atoms. The van der Waals surface area contributed by atoms with Crippen LogP contribution >= 0.6 is 36.0 Å². The molecule has 0 amide bonds. The Morgan fingerprint density at radius 2 is 2.27 bits per heavy atom. The molecule has 1 rings (SSSR count). The molecule has 0 spiro atoms. The number of hydrogen-bond donors (Lipinski definition) is 1. The van der Waals surface area contributed by atoms with Crippen LogP contribution in [0.5, 0.6) is 0 Å². The van der Waals surface area contributed by atoms with Crippen LogP contribution in [0.4, 0.5) is 4.79 Å². The number of benzene rings is 1. The Kier molecular flexibility index (Phi) is 3.30. The molecule has 0 atom stereocenters. The summed E-state index contributed by atoms with van der Waals surface area (Å²) >= 11 is 10.4. The zero-order chi connectivity index (χ0) is 8.27. The lowest BCUT2D eigenvalue weighted by molar-refractivity contribution is 0.277. The second kappa shape index (κ2) is 4.04. The number of thioether (sulfide) groups is 1. The molecule has 1 aromatic rings. The molecule has 0 aromatic heterocycles. The van der Waals surface area contributed by atoms with E-state index >= 15 is 0 Å². The molecule has 58 valence electrons. The van der Waals surface area contributed by atoms with Gasteiger partial charge < -0.3 is 0 Å². The molecule has 0 saturated heterocycles. The van der Waals surface area contributed by atoms with Gasteiger partial charge in [0.1, 0.15) is 0 Å². The van der Waals surface area contributed by atoms with Gasteiger partial charge in [0.2, 0.25) is 4.45 Å². The van der Waals surface area contributed by atoms with Gasteiger partial charge in [-0.2, -0.15) is 0 Å². The lowest BCUT2D eigenvalue weighted by Crippen LogP contribution is -1.74. The Labute approximate surface area is 79.5 Å². The minimum atomic E-state index is -0.229. The summed E-state index contributed by atoms with van der Waals surface area (Å²) in [5.74, 6) is 0. The maximum atomic E-state index is 10.5. The largest absolute Gasteiger partial charge is 0.274 e. The Bertz CT molecular complexity index is 275. The molecule has 0 bridgehead atoms. The normalized spacial score (nSPS) is 9.64. The average molecular weight is 205 g/mol. The lowest BCUT2D eigenvalue weighted by atomic mass is 10.4. The van der Waals surface area contributed by atoms with Gasteiger partial charge in [0, 0.05) is 9.92 Å². The summed E-state index contributed by atoms with van der Waals surface area (Å²) in [6.45, 7) is 0. The van der Waals surface area contributed by atoms with Crippen molar-refractivity contribution in [3.8, 4) is 0 Å². The summed E-state index contributed by atoms with van der Waals surface area (Å²) in [5.41, 5.74) is 0. The molecule has 1 aromatic carbocycles. The van der Waals surface area contributed by atoms with E-state index in [0.717, 1.165) is 16.7 Å². The molecule has 1 nitrogen and oxygen atoms in total. The van der Waals surface area contributed by atoms with Gasteiger partial charge in [-0.1, -0.05) is 30.3 Å². The third-order valence-electron chi connectivity index (χ3n) is 1.00. The molecule has 0 heterocycles. The van der Waals surface area contributed by atoms with E-state index in [-0.39, 0.29) is 4.45 Å². The number of hydrogen-bond acceptors (Lipinski definition) is 2. The van der Waals surface area contributed by atoms with E-state index in [2.05, 4.69) is 12.6 Å². The minimum Gasteiger partial charge on any atom is -0.274 e. The summed E-state index contributed by atoms with van der Waals surface area (Å²) in [6, 6.07) is 7.08. The first-order valence-electron chi connectivity index (χ1n) is 2.85. The fraction of sp³-hybridized carbons (Fsp3) is 0. The first-order chi connectivity index (χ1) is 5.18. The number of carbonyl (C=O) groups is 1. The van der Waals surface area contributed by atoms with Crippen LogP contribution in [0.2, 0.25) is 5.02 Å². The molecule has 0 fully saturated rings. The Balaban J connectivity index is 2.79. The summed E-state index contributed by atoms with van der Waals surface area (Å²) in [5, 5.41) is 0.629. The molecule has 0 radical (unpaired) electrons. The van der Waals surface area contributed by atoms with Gasteiger partial charge >= 0.3 is 0 Å². The highest BCUT2D eigenvalue weighted by Crippen LogP contribution is 2.23. The SMILES string of the molecule is O=C(S)Sc1cccc(Cl)c1. The molecule has 0 aliphatic heterocycles. The van der Waals surface area contributed by atoms with E-state index < -0.39 is 0 Å². The van der Waals surface area contributed by atoms with Gasteiger partial charge in [0.05, 0.1) is 0 Å². The molecule has 0 unspecified atom stereocenters. The van der Waals surface area contributed by atoms with Crippen LogP contribution < -0.4 is 0 Å². The Hall–Kier alpha value is -0.120. The van der Waals surface area contributed by atoms with Crippen molar-refractivity contribution in [1.82, 2.24) is 0 Å². The minimum absolute atomic E-state index is 0.229. The lowest BCUT2D eigenvalue weighted by Gasteiger charge is -1.95. The van der Waals surface area contributed by atoms with Crippen LogP contribution in [-0.4, -0.2) is 4.45 Å². The molecule has 0 aliphatic carbocycles. The Morgan fingerprint density at radius 1 is 1.55 bits per heavy atom. The van der Waals surface area contributed by atoms with E-state index in [9.17, 15) is 4.79 Å². The predicted octanol–water partition coefficient (Wildman–Crippen LogP) is 3.48. The molecule has 4 heteroatoms. The van der Waals surface area contributed by atoms with Gasteiger partial charge in [-0.25, -0.2) is 0 Å². The van der Waals surface area contributed by atoms with Crippen LogP contribution in [0.3, 0.4) is 0 Å². The highest BCUT2D eigenvalue weighted by atomic mass is 35.5. The highest BCUT2D eigenvalue weighted by Gasteiger charge is 1.98. The molecule has 0 N–H and O–H groups in total. The van der Waals surface area contributed by atoms with Crippen molar-refractivity contribution in [3.63, 3.8) is 0 Å². The number of rotatable bonds is 1. The summed E-state index contributed by atoms with van der Waals surface area (Å²) < 4.78 is -0.229. The molecular weight excluding hydrogens is 200 g/mol. The van der Waals surface area contributed by atoms with Crippen molar-refractivity contribution in [1.29, 1.82) is 0 Å². The maximum absolute atomic E-state index is 10.5. The highest BCUT2D eigenvalue weighted by molar-refractivity contribution is 8.32. The van der Waals surface area contributed by atoms with Gasteiger partial charge in [-0.3, -0.25) is 4.79 Å². The van der Waals surface area contributed by atoms with E-state index in [1.165, 1.54) is 0 Å². The van der Waals surface area contributed by atoms with Crippen molar-refractivity contribution in [2.24, 2.45) is 0 Å². The van der Waals surface area contributed by atoms with Crippen LogP contribution in [0.1, 0.15) is 0 Å². The number of thiol groups is 1. The van der Waals surface area contributed by atoms with Gasteiger partial charge in [-0.05, 0) is 30.0 Å². The second-order valence-corrected chi connectivity index (χ2v) is 4.02. The van der Waals surface area contributed by atoms with Crippen molar-refractivity contribution in [3.05, 3.63) is 29.3 Å². The third-order valence-corrected chi connectivity index (χ3v) is 2.17. The summed E-state index contributed by atoms with van der Waals surface area (Å²) in [7, 11) is 0. The van der Waals surface area contributed by atoms with Crippen molar-refractivity contribution < 1.29 is 4.79 Å². The quantitative estimate of drug-likeness (QED) is 0.557.